The van der Waals surface area contributed by atoms with Crippen LogP contribution in [-0.2, 0) is 19.6 Å². The van der Waals surface area contributed by atoms with Gasteiger partial charge in [-0.15, -0.1) is 0 Å². The average molecular weight is 384 g/mol. The molecule has 1 aliphatic carbocycles. The lowest BCUT2D eigenvalue weighted by molar-refractivity contribution is -0.141. The average Bonchev–Trinajstić information content (AvgIpc) is 3.21. The molecule has 26 heavy (non-hydrogen) atoms. The molecule has 146 valence electrons. The summed E-state index contributed by atoms with van der Waals surface area (Å²) in [5.41, 5.74) is -0.907. The lowest BCUT2D eigenvalue weighted by Crippen LogP contribution is -2.49. The summed E-state index contributed by atoms with van der Waals surface area (Å²) in [5.74, 6) is -0.0150. The van der Waals surface area contributed by atoms with Gasteiger partial charge in [0, 0.05) is 32.8 Å². The second kappa shape index (κ2) is 7.10. The third-order valence-electron chi connectivity index (χ3n) is 6.54. The van der Waals surface area contributed by atoms with Gasteiger partial charge in [0.2, 0.25) is 15.9 Å². The molecule has 0 bridgehead atoms. The van der Waals surface area contributed by atoms with E-state index >= 15 is 0 Å². The number of nitriles is 1. The number of likely N-dealkylation sites (tertiary alicyclic amines) is 1. The van der Waals surface area contributed by atoms with Gasteiger partial charge in [-0.1, -0.05) is 12.8 Å². The van der Waals surface area contributed by atoms with Crippen molar-refractivity contribution in [3.05, 3.63) is 0 Å². The monoisotopic (exact) mass is 383 g/mol. The maximum Gasteiger partial charge on any atom is 0.243 e. The van der Waals surface area contributed by atoms with E-state index in [4.69, 9.17) is 4.74 Å². The first kappa shape index (κ1) is 19.6. The Labute approximate surface area is 156 Å². The van der Waals surface area contributed by atoms with Gasteiger partial charge in [0.15, 0.2) is 0 Å². The SMILES string of the molecule is COCC1CC2(CCN(C(=O)C3(C#N)CCCC3)CC2)CN1S(C)(=O)=O. The van der Waals surface area contributed by atoms with Crippen LogP contribution in [0.2, 0.25) is 0 Å². The molecule has 1 spiro atoms. The molecule has 2 heterocycles. The molecule has 1 amide bonds. The Kier molecular flexibility index (Phi) is 5.35. The molecule has 2 saturated heterocycles. The highest BCUT2D eigenvalue weighted by molar-refractivity contribution is 7.88. The van der Waals surface area contributed by atoms with Gasteiger partial charge in [-0.25, -0.2) is 8.42 Å². The lowest BCUT2D eigenvalue weighted by Gasteiger charge is -2.41. The molecule has 8 heteroatoms. The van der Waals surface area contributed by atoms with Crippen molar-refractivity contribution in [2.75, 3.05) is 39.6 Å². The molecule has 1 saturated carbocycles. The number of piperidine rings is 1. The highest BCUT2D eigenvalue weighted by Crippen LogP contribution is 2.46. The molecule has 2 aliphatic heterocycles. The van der Waals surface area contributed by atoms with Crippen LogP contribution in [0.15, 0.2) is 0 Å². The van der Waals surface area contributed by atoms with Gasteiger partial charge in [-0.3, -0.25) is 4.79 Å². The Morgan fingerprint density at radius 1 is 1.23 bits per heavy atom. The zero-order valence-electron chi connectivity index (χ0n) is 15.7. The number of hydrogen-bond acceptors (Lipinski definition) is 5. The maximum atomic E-state index is 12.9. The molecule has 0 radical (unpaired) electrons. The molecule has 1 atom stereocenters. The van der Waals surface area contributed by atoms with Crippen molar-refractivity contribution in [3.8, 4) is 6.07 Å². The Balaban J connectivity index is 1.68. The van der Waals surface area contributed by atoms with Crippen LogP contribution in [0.4, 0.5) is 0 Å². The number of sulfonamides is 1. The first-order valence-corrected chi connectivity index (χ1v) is 11.3. The summed E-state index contributed by atoms with van der Waals surface area (Å²) in [6.07, 6.45) is 6.82. The summed E-state index contributed by atoms with van der Waals surface area (Å²) in [7, 11) is -1.68. The minimum atomic E-state index is -3.28. The number of nitrogens with zero attached hydrogens (tertiary/aromatic N) is 3. The zero-order valence-corrected chi connectivity index (χ0v) is 16.6. The van der Waals surface area contributed by atoms with Crippen molar-refractivity contribution < 1.29 is 17.9 Å². The quantitative estimate of drug-likeness (QED) is 0.731. The van der Waals surface area contributed by atoms with Crippen molar-refractivity contribution in [2.24, 2.45) is 10.8 Å². The number of ether oxygens (including phenoxy) is 1. The minimum absolute atomic E-state index is 0.0150. The van der Waals surface area contributed by atoms with Crippen LogP contribution < -0.4 is 0 Å². The fourth-order valence-electron chi connectivity index (χ4n) is 5.05. The first-order chi connectivity index (χ1) is 12.3. The van der Waals surface area contributed by atoms with E-state index in [2.05, 4.69) is 6.07 Å². The van der Waals surface area contributed by atoms with Gasteiger partial charge >= 0.3 is 0 Å². The zero-order chi connectivity index (χ0) is 19.0. The Hall–Kier alpha value is -1.17. The van der Waals surface area contributed by atoms with Gasteiger partial charge < -0.3 is 9.64 Å². The van der Waals surface area contributed by atoms with Crippen molar-refractivity contribution >= 4 is 15.9 Å². The van der Waals surface area contributed by atoms with E-state index in [1.807, 2.05) is 4.90 Å². The van der Waals surface area contributed by atoms with Crippen LogP contribution in [0.5, 0.6) is 0 Å². The number of hydrogen-bond donors (Lipinski definition) is 0. The molecule has 7 nitrogen and oxygen atoms in total. The first-order valence-electron chi connectivity index (χ1n) is 9.42. The predicted octanol–water partition coefficient (Wildman–Crippen LogP) is 1.36. The van der Waals surface area contributed by atoms with E-state index in [-0.39, 0.29) is 17.4 Å². The number of carbonyl (C=O) groups is 1. The normalized spacial score (nSPS) is 28.3. The predicted molar refractivity (Wildman–Crippen MR) is 96.6 cm³/mol. The van der Waals surface area contributed by atoms with Crippen LogP contribution in [0.1, 0.15) is 44.9 Å². The van der Waals surface area contributed by atoms with Crippen LogP contribution in [-0.4, -0.2) is 69.2 Å². The third kappa shape index (κ3) is 3.49. The van der Waals surface area contributed by atoms with Crippen LogP contribution >= 0.6 is 0 Å². The Morgan fingerprint density at radius 3 is 2.35 bits per heavy atom. The minimum Gasteiger partial charge on any atom is -0.383 e. The van der Waals surface area contributed by atoms with Crippen LogP contribution in [0, 0.1) is 22.2 Å². The Bertz CT molecular complexity index is 686. The van der Waals surface area contributed by atoms with Gasteiger partial charge in [0.1, 0.15) is 5.41 Å². The smallest absolute Gasteiger partial charge is 0.243 e. The van der Waals surface area contributed by atoms with Gasteiger partial charge in [0.05, 0.1) is 18.9 Å². The maximum absolute atomic E-state index is 12.9. The summed E-state index contributed by atoms with van der Waals surface area (Å²) in [5, 5.41) is 9.56. The van der Waals surface area contributed by atoms with Gasteiger partial charge in [-0.2, -0.15) is 9.57 Å². The molecule has 3 fully saturated rings. The number of methoxy groups -OCH3 is 1. The fourth-order valence-corrected chi connectivity index (χ4v) is 6.23. The van der Waals surface area contributed by atoms with E-state index in [9.17, 15) is 18.5 Å². The number of amides is 1. The number of carbonyl (C=O) groups excluding carboxylic acids is 1. The molecule has 3 rings (SSSR count). The van der Waals surface area contributed by atoms with Crippen molar-refractivity contribution in [3.63, 3.8) is 0 Å². The Morgan fingerprint density at radius 2 is 1.85 bits per heavy atom. The largest absolute Gasteiger partial charge is 0.383 e. The topological polar surface area (TPSA) is 90.7 Å². The van der Waals surface area contributed by atoms with Crippen molar-refractivity contribution in [1.82, 2.24) is 9.21 Å². The highest BCUT2D eigenvalue weighted by Gasteiger charge is 2.51. The van der Waals surface area contributed by atoms with Gasteiger partial charge in [-0.05, 0) is 37.5 Å². The number of rotatable bonds is 4. The fraction of sp³-hybridized carbons (Fsp3) is 0.889. The summed E-state index contributed by atoms with van der Waals surface area (Å²) in [4.78, 5) is 14.8. The third-order valence-corrected chi connectivity index (χ3v) is 7.82. The second-order valence-electron chi connectivity index (χ2n) is 8.31. The van der Waals surface area contributed by atoms with Crippen LogP contribution in [0.3, 0.4) is 0 Å². The van der Waals surface area contributed by atoms with E-state index in [0.717, 1.165) is 32.1 Å². The van der Waals surface area contributed by atoms with Crippen molar-refractivity contribution in [1.29, 1.82) is 5.26 Å². The summed E-state index contributed by atoms with van der Waals surface area (Å²) in [6.45, 7) is 2.12. The summed E-state index contributed by atoms with van der Waals surface area (Å²) in [6, 6.07) is 2.16. The van der Waals surface area contributed by atoms with Crippen molar-refractivity contribution in [2.45, 2.75) is 51.0 Å². The van der Waals surface area contributed by atoms with E-state index in [1.165, 1.54) is 6.26 Å². The summed E-state index contributed by atoms with van der Waals surface area (Å²) >= 11 is 0. The summed E-state index contributed by atoms with van der Waals surface area (Å²) < 4.78 is 31.1. The molecule has 0 aromatic rings. The molecular weight excluding hydrogens is 354 g/mol. The molecule has 0 aromatic heterocycles. The standard InChI is InChI=1S/C18H29N3O4S/c1-25-12-15-11-17(14-21(15)26(2,23)24)7-9-20(10-8-17)16(22)18(13-19)5-3-4-6-18/h15H,3-12,14H2,1-2H3. The van der Waals surface area contributed by atoms with E-state index in [1.54, 1.807) is 11.4 Å². The van der Waals surface area contributed by atoms with Gasteiger partial charge in [0.25, 0.3) is 0 Å². The lowest BCUT2D eigenvalue weighted by atomic mass is 9.75. The molecule has 3 aliphatic rings. The molecular formula is C18H29N3O4S. The molecule has 0 N–H and O–H groups in total. The van der Waals surface area contributed by atoms with Crippen LogP contribution in [0.25, 0.3) is 0 Å². The second-order valence-corrected chi connectivity index (χ2v) is 10.2. The highest BCUT2D eigenvalue weighted by atomic mass is 32.2. The van der Waals surface area contributed by atoms with E-state index in [0.29, 0.717) is 39.1 Å². The molecule has 1 unspecified atom stereocenters. The van der Waals surface area contributed by atoms with E-state index < -0.39 is 15.4 Å². The molecule has 0 aromatic carbocycles.